The first-order chi connectivity index (χ1) is 9.87. The van der Waals surface area contributed by atoms with Crippen molar-refractivity contribution in [2.75, 3.05) is 6.54 Å². The van der Waals surface area contributed by atoms with E-state index in [0.717, 1.165) is 12.5 Å². The number of benzene rings is 1. The van der Waals surface area contributed by atoms with Crippen LogP contribution in [0.15, 0.2) is 30.3 Å². The minimum Gasteiger partial charge on any atom is -0.313 e. The van der Waals surface area contributed by atoms with Gasteiger partial charge in [-0.3, -0.25) is 0 Å². The van der Waals surface area contributed by atoms with Gasteiger partial charge in [0.15, 0.2) is 0 Å². The van der Waals surface area contributed by atoms with Gasteiger partial charge in [-0.25, -0.2) is 0 Å². The summed E-state index contributed by atoms with van der Waals surface area (Å²) >= 11 is 0. The van der Waals surface area contributed by atoms with Crippen LogP contribution in [0.5, 0.6) is 0 Å². The predicted octanol–water partition coefficient (Wildman–Crippen LogP) is 4.67. The lowest BCUT2D eigenvalue weighted by Crippen LogP contribution is -2.51. The molecule has 2 fully saturated rings. The highest BCUT2D eigenvalue weighted by Crippen LogP contribution is 2.48. The van der Waals surface area contributed by atoms with Gasteiger partial charge < -0.3 is 5.32 Å². The lowest BCUT2D eigenvalue weighted by atomic mass is 9.68. The van der Waals surface area contributed by atoms with Crippen LogP contribution in [0.1, 0.15) is 63.9 Å². The molecule has 1 unspecified atom stereocenters. The van der Waals surface area contributed by atoms with Gasteiger partial charge >= 0.3 is 0 Å². The normalized spacial score (nSPS) is 24.1. The van der Waals surface area contributed by atoms with Crippen LogP contribution in [0.2, 0.25) is 0 Å². The summed E-state index contributed by atoms with van der Waals surface area (Å²) in [5.41, 5.74) is 2.00. The van der Waals surface area contributed by atoms with Crippen molar-refractivity contribution in [2.45, 2.75) is 69.7 Å². The van der Waals surface area contributed by atoms with Gasteiger partial charge in [-0.05, 0) is 43.7 Å². The molecule has 0 spiro atoms. The van der Waals surface area contributed by atoms with Crippen molar-refractivity contribution in [3.63, 3.8) is 0 Å². The Morgan fingerprint density at radius 1 is 1.05 bits per heavy atom. The molecular formula is C19H29N. The standard InChI is InChI=1S/C19H29N/c1-2-20-18(16-10-6-7-11-16)19(14-8-9-15-19)17-12-4-3-5-13-17/h3-5,12-13,16,18,20H,2,6-11,14-15H2,1H3. The Morgan fingerprint density at radius 2 is 1.70 bits per heavy atom. The van der Waals surface area contributed by atoms with E-state index in [9.17, 15) is 0 Å². The monoisotopic (exact) mass is 271 g/mol. The van der Waals surface area contributed by atoms with Gasteiger partial charge in [0, 0.05) is 11.5 Å². The Kier molecular flexibility index (Phi) is 4.45. The summed E-state index contributed by atoms with van der Waals surface area (Å²) < 4.78 is 0. The van der Waals surface area contributed by atoms with Crippen molar-refractivity contribution in [3.05, 3.63) is 35.9 Å². The fraction of sp³-hybridized carbons (Fsp3) is 0.684. The highest BCUT2D eigenvalue weighted by Gasteiger charge is 2.45. The van der Waals surface area contributed by atoms with Crippen LogP contribution >= 0.6 is 0 Å². The van der Waals surface area contributed by atoms with Gasteiger partial charge in [-0.1, -0.05) is 62.9 Å². The molecule has 2 saturated carbocycles. The molecule has 1 aromatic carbocycles. The molecule has 3 rings (SSSR count). The summed E-state index contributed by atoms with van der Waals surface area (Å²) in [4.78, 5) is 0. The summed E-state index contributed by atoms with van der Waals surface area (Å²) in [7, 11) is 0. The molecule has 110 valence electrons. The lowest BCUT2D eigenvalue weighted by molar-refractivity contribution is 0.220. The predicted molar refractivity (Wildman–Crippen MR) is 86.0 cm³/mol. The average molecular weight is 271 g/mol. The van der Waals surface area contributed by atoms with Crippen LogP contribution < -0.4 is 5.32 Å². The summed E-state index contributed by atoms with van der Waals surface area (Å²) in [6, 6.07) is 12.1. The molecule has 2 aliphatic carbocycles. The zero-order valence-corrected chi connectivity index (χ0v) is 12.9. The van der Waals surface area contributed by atoms with Crippen molar-refractivity contribution >= 4 is 0 Å². The maximum absolute atomic E-state index is 3.91. The lowest BCUT2D eigenvalue weighted by Gasteiger charge is -2.42. The summed E-state index contributed by atoms with van der Waals surface area (Å²) in [6.07, 6.45) is 11.3. The van der Waals surface area contributed by atoms with Gasteiger partial charge in [0.05, 0.1) is 0 Å². The van der Waals surface area contributed by atoms with Gasteiger partial charge in [-0.2, -0.15) is 0 Å². The molecule has 1 N–H and O–H groups in total. The largest absolute Gasteiger partial charge is 0.313 e. The first kappa shape index (κ1) is 14.1. The Hall–Kier alpha value is -0.820. The molecule has 0 saturated heterocycles. The van der Waals surface area contributed by atoms with E-state index in [2.05, 4.69) is 42.6 Å². The molecule has 0 heterocycles. The van der Waals surface area contributed by atoms with Crippen molar-refractivity contribution in [1.29, 1.82) is 0 Å². The zero-order chi connectivity index (χ0) is 13.8. The second kappa shape index (κ2) is 6.30. The first-order valence-electron chi connectivity index (χ1n) is 8.66. The zero-order valence-electron chi connectivity index (χ0n) is 12.9. The molecule has 0 aliphatic heterocycles. The SMILES string of the molecule is CCNC(C1CCCC1)C1(c2ccccc2)CCCC1. The van der Waals surface area contributed by atoms with Crippen LogP contribution in [0.25, 0.3) is 0 Å². The molecule has 2 aliphatic rings. The minimum absolute atomic E-state index is 0.409. The van der Waals surface area contributed by atoms with Gasteiger partial charge in [0.25, 0.3) is 0 Å². The Morgan fingerprint density at radius 3 is 2.30 bits per heavy atom. The summed E-state index contributed by atoms with van der Waals surface area (Å²) in [5, 5.41) is 3.91. The van der Waals surface area contributed by atoms with Crippen molar-refractivity contribution in [2.24, 2.45) is 5.92 Å². The molecule has 1 atom stereocenters. The molecule has 1 aromatic rings. The second-order valence-electron chi connectivity index (χ2n) is 6.81. The highest BCUT2D eigenvalue weighted by atomic mass is 14.9. The van der Waals surface area contributed by atoms with E-state index in [1.807, 2.05) is 0 Å². The maximum atomic E-state index is 3.91. The second-order valence-corrected chi connectivity index (χ2v) is 6.81. The molecule has 20 heavy (non-hydrogen) atoms. The topological polar surface area (TPSA) is 12.0 Å². The molecule has 0 amide bonds. The van der Waals surface area contributed by atoms with E-state index in [1.54, 1.807) is 5.56 Å². The summed E-state index contributed by atoms with van der Waals surface area (Å²) in [6.45, 7) is 3.38. The Balaban J connectivity index is 1.94. The van der Waals surface area contributed by atoms with Gasteiger partial charge in [-0.15, -0.1) is 0 Å². The smallest absolute Gasteiger partial charge is 0.0192 e. The van der Waals surface area contributed by atoms with E-state index < -0.39 is 0 Å². The van der Waals surface area contributed by atoms with Crippen LogP contribution in [0, 0.1) is 5.92 Å². The Bertz CT molecular complexity index is 399. The fourth-order valence-electron chi connectivity index (χ4n) is 4.88. The van der Waals surface area contributed by atoms with E-state index >= 15 is 0 Å². The number of nitrogens with one attached hydrogen (secondary N) is 1. The molecule has 1 nitrogen and oxygen atoms in total. The van der Waals surface area contributed by atoms with Crippen LogP contribution in [-0.2, 0) is 5.41 Å². The van der Waals surface area contributed by atoms with Crippen molar-refractivity contribution < 1.29 is 0 Å². The number of likely N-dealkylation sites (N-methyl/N-ethyl adjacent to an activating group) is 1. The highest BCUT2D eigenvalue weighted by molar-refractivity contribution is 5.30. The van der Waals surface area contributed by atoms with Gasteiger partial charge in [0.1, 0.15) is 0 Å². The molecule has 1 heteroatoms. The molecule has 0 aromatic heterocycles. The van der Waals surface area contributed by atoms with E-state index in [-0.39, 0.29) is 0 Å². The van der Waals surface area contributed by atoms with Crippen LogP contribution in [0.3, 0.4) is 0 Å². The molecule has 0 radical (unpaired) electrons. The third-order valence-electron chi connectivity index (χ3n) is 5.74. The quantitative estimate of drug-likeness (QED) is 0.821. The van der Waals surface area contributed by atoms with Crippen LogP contribution in [-0.4, -0.2) is 12.6 Å². The maximum Gasteiger partial charge on any atom is 0.0192 e. The Labute approximate surface area is 124 Å². The number of rotatable bonds is 5. The van der Waals surface area contributed by atoms with E-state index in [4.69, 9.17) is 0 Å². The van der Waals surface area contributed by atoms with Crippen molar-refractivity contribution in [1.82, 2.24) is 5.32 Å². The third kappa shape index (κ3) is 2.53. The number of hydrogen-bond donors (Lipinski definition) is 1. The van der Waals surface area contributed by atoms with E-state index in [0.29, 0.717) is 11.5 Å². The van der Waals surface area contributed by atoms with Crippen molar-refractivity contribution in [3.8, 4) is 0 Å². The van der Waals surface area contributed by atoms with Gasteiger partial charge in [0.2, 0.25) is 0 Å². The number of hydrogen-bond acceptors (Lipinski definition) is 1. The molecule has 0 bridgehead atoms. The third-order valence-corrected chi connectivity index (χ3v) is 5.74. The first-order valence-corrected chi connectivity index (χ1v) is 8.66. The molecular weight excluding hydrogens is 242 g/mol. The van der Waals surface area contributed by atoms with E-state index in [1.165, 1.54) is 51.4 Å². The average Bonchev–Trinajstić information content (AvgIpc) is 3.18. The summed E-state index contributed by atoms with van der Waals surface area (Å²) in [5.74, 6) is 0.897. The fourth-order valence-corrected chi connectivity index (χ4v) is 4.88. The minimum atomic E-state index is 0.409. The van der Waals surface area contributed by atoms with Crippen LogP contribution in [0.4, 0.5) is 0 Å².